The number of nitriles is 1. The summed E-state index contributed by atoms with van der Waals surface area (Å²) in [5.74, 6) is 1.22. The van der Waals surface area contributed by atoms with Crippen molar-refractivity contribution in [2.45, 2.75) is 31.3 Å². The van der Waals surface area contributed by atoms with Crippen LogP contribution in [-0.4, -0.2) is 53.5 Å². The molecule has 1 saturated carbocycles. The summed E-state index contributed by atoms with van der Waals surface area (Å²) in [6.07, 6.45) is 19.5. The number of Topliss-reactive ketones (excluding diaryl/α,β-unsaturated/α-hetero) is 1. The average molecular weight is 530 g/mol. The maximum atomic E-state index is 13.0. The summed E-state index contributed by atoms with van der Waals surface area (Å²) >= 11 is 0. The number of hydroxylamine groups is 2. The van der Waals surface area contributed by atoms with Crippen molar-refractivity contribution in [2.75, 3.05) is 13.3 Å². The van der Waals surface area contributed by atoms with Crippen molar-refractivity contribution in [3.05, 3.63) is 112 Å². The van der Waals surface area contributed by atoms with Crippen molar-refractivity contribution >= 4 is 18.2 Å². The van der Waals surface area contributed by atoms with Gasteiger partial charge in [0, 0.05) is 24.9 Å². The third kappa shape index (κ3) is 4.44. The SMILES string of the molecule is N#CC1=C2C3C=C4C=CC3=CC1=CC(=CN2Oc1ccccc1)N=CC1C=NCN1C1CCC(=CCO4)C(=O)C1. The quantitative estimate of drug-likeness (QED) is 0.551. The molecule has 0 aromatic heterocycles. The average Bonchev–Trinajstić information content (AvgIpc) is 3.41. The molecule has 0 spiro atoms. The van der Waals surface area contributed by atoms with Gasteiger partial charge in [-0.3, -0.25) is 19.7 Å². The predicted octanol–water partition coefficient (Wildman–Crippen LogP) is 4.71. The van der Waals surface area contributed by atoms with Crippen LogP contribution in [0.15, 0.2) is 122 Å². The first-order chi connectivity index (χ1) is 19.7. The molecule has 198 valence electrons. The zero-order valence-corrected chi connectivity index (χ0v) is 21.8. The fraction of sp³-hybridized carbons (Fsp3) is 0.250. The van der Waals surface area contributed by atoms with Gasteiger partial charge in [0.1, 0.15) is 18.4 Å². The van der Waals surface area contributed by atoms with Crippen LogP contribution in [0, 0.1) is 17.2 Å². The van der Waals surface area contributed by atoms with Crippen molar-refractivity contribution in [2.24, 2.45) is 15.9 Å². The summed E-state index contributed by atoms with van der Waals surface area (Å²) in [5, 5.41) is 12.0. The number of carbonyl (C=O) groups is 1. The van der Waals surface area contributed by atoms with E-state index in [-0.39, 0.29) is 23.8 Å². The smallest absolute Gasteiger partial charge is 0.160 e. The Balaban J connectivity index is 1.35. The minimum absolute atomic E-state index is 0.0998. The van der Waals surface area contributed by atoms with Crippen molar-refractivity contribution in [1.82, 2.24) is 9.96 Å². The summed E-state index contributed by atoms with van der Waals surface area (Å²) in [5.41, 5.74) is 4.48. The van der Waals surface area contributed by atoms with Crippen molar-refractivity contribution in [3.63, 3.8) is 0 Å². The number of nitrogens with zero attached hydrogens (tertiary/aromatic N) is 5. The van der Waals surface area contributed by atoms with Gasteiger partial charge >= 0.3 is 0 Å². The van der Waals surface area contributed by atoms with E-state index in [1.165, 1.54) is 0 Å². The van der Waals surface area contributed by atoms with Gasteiger partial charge in [-0.1, -0.05) is 24.3 Å². The maximum Gasteiger partial charge on any atom is 0.160 e. The second-order valence-electron chi connectivity index (χ2n) is 10.4. The lowest BCUT2D eigenvalue weighted by Crippen LogP contribution is -2.44. The molecule has 8 heteroatoms. The lowest BCUT2D eigenvalue weighted by molar-refractivity contribution is -0.118. The molecule has 1 fully saturated rings. The molecule has 0 amide bonds. The second-order valence-corrected chi connectivity index (χ2v) is 10.4. The fourth-order valence-electron chi connectivity index (χ4n) is 5.96. The molecule has 3 aliphatic carbocycles. The zero-order valence-electron chi connectivity index (χ0n) is 21.8. The highest BCUT2D eigenvalue weighted by molar-refractivity contribution is 5.97. The second kappa shape index (κ2) is 10.1. The molecule has 0 radical (unpaired) electrons. The van der Waals surface area contributed by atoms with Gasteiger partial charge in [-0.25, -0.2) is 0 Å². The number of allylic oxidation sites excluding steroid dienone is 8. The number of ketones is 1. The molecule has 4 heterocycles. The van der Waals surface area contributed by atoms with Crippen LogP contribution in [-0.2, 0) is 9.53 Å². The minimum atomic E-state index is -0.267. The van der Waals surface area contributed by atoms with E-state index < -0.39 is 0 Å². The lowest BCUT2D eigenvalue weighted by atomic mass is 9.81. The van der Waals surface area contributed by atoms with E-state index in [1.54, 1.807) is 5.06 Å². The molecule has 3 atom stereocenters. The molecule has 7 aliphatic rings. The number of hydrogen-bond donors (Lipinski definition) is 0. The Morgan fingerprint density at radius 1 is 1.12 bits per heavy atom. The number of hydrogen-bond acceptors (Lipinski definition) is 8. The Bertz CT molecular complexity index is 1580. The predicted molar refractivity (Wildman–Crippen MR) is 151 cm³/mol. The molecule has 4 aliphatic heterocycles. The lowest BCUT2D eigenvalue weighted by Gasteiger charge is -2.33. The molecule has 40 heavy (non-hydrogen) atoms. The molecule has 8 rings (SSSR count). The van der Waals surface area contributed by atoms with Crippen molar-refractivity contribution < 1.29 is 14.4 Å². The van der Waals surface area contributed by atoms with E-state index in [9.17, 15) is 10.1 Å². The van der Waals surface area contributed by atoms with E-state index in [1.807, 2.05) is 85.4 Å². The van der Waals surface area contributed by atoms with Gasteiger partial charge in [0.2, 0.25) is 0 Å². The van der Waals surface area contributed by atoms with E-state index in [0.717, 1.165) is 29.6 Å². The molecule has 1 aromatic carbocycles. The highest BCUT2D eigenvalue weighted by Gasteiger charge is 2.36. The summed E-state index contributed by atoms with van der Waals surface area (Å²) < 4.78 is 6.12. The fourth-order valence-corrected chi connectivity index (χ4v) is 5.96. The third-order valence-corrected chi connectivity index (χ3v) is 7.98. The number of benzene rings is 1. The van der Waals surface area contributed by atoms with Crippen molar-refractivity contribution in [1.29, 1.82) is 5.26 Å². The van der Waals surface area contributed by atoms with Gasteiger partial charge in [-0.05, 0) is 72.1 Å². The molecular weight excluding hydrogens is 502 g/mol. The number of para-hydroxylation sites is 1. The monoisotopic (exact) mass is 529 g/mol. The summed E-state index contributed by atoms with van der Waals surface area (Å²) in [6, 6.07) is 11.9. The topological polar surface area (TPSA) is 90.5 Å². The Kier molecular flexibility index (Phi) is 6.14. The zero-order chi connectivity index (χ0) is 27.1. The maximum absolute atomic E-state index is 13.0. The van der Waals surface area contributed by atoms with E-state index in [4.69, 9.17) is 14.6 Å². The van der Waals surface area contributed by atoms with E-state index in [0.29, 0.717) is 48.2 Å². The minimum Gasteiger partial charge on any atom is -0.490 e. The van der Waals surface area contributed by atoms with Crippen LogP contribution in [0.1, 0.15) is 19.3 Å². The van der Waals surface area contributed by atoms with Gasteiger partial charge in [-0.15, -0.1) is 0 Å². The van der Waals surface area contributed by atoms with Gasteiger partial charge in [0.05, 0.1) is 41.8 Å². The molecule has 3 unspecified atom stereocenters. The molecule has 0 saturated heterocycles. The van der Waals surface area contributed by atoms with Crippen LogP contribution in [0.25, 0.3) is 0 Å². The largest absolute Gasteiger partial charge is 0.490 e. The van der Waals surface area contributed by atoms with Gasteiger partial charge in [-0.2, -0.15) is 10.3 Å². The van der Waals surface area contributed by atoms with Crippen LogP contribution in [0.3, 0.4) is 0 Å². The van der Waals surface area contributed by atoms with Crippen LogP contribution in [0.4, 0.5) is 0 Å². The van der Waals surface area contributed by atoms with Gasteiger partial charge in [0.25, 0.3) is 0 Å². The Morgan fingerprint density at radius 3 is 2.88 bits per heavy atom. The van der Waals surface area contributed by atoms with Crippen LogP contribution < -0.4 is 4.84 Å². The Morgan fingerprint density at radius 2 is 2.02 bits per heavy atom. The summed E-state index contributed by atoms with van der Waals surface area (Å²) in [6.45, 7) is 0.845. The first kappa shape index (κ1) is 24.3. The molecule has 8 nitrogen and oxygen atoms in total. The Labute approximate surface area is 232 Å². The summed E-state index contributed by atoms with van der Waals surface area (Å²) in [4.78, 5) is 31.0. The Hall–Kier alpha value is -4.74. The third-order valence-electron chi connectivity index (χ3n) is 7.98. The molecular formula is C32H27N5O3. The molecule has 1 aromatic rings. The number of fused-ring (bicyclic) bond motifs is 5. The van der Waals surface area contributed by atoms with E-state index in [2.05, 4.69) is 16.0 Å². The first-order valence-electron chi connectivity index (χ1n) is 13.5. The number of ether oxygens (including phenoxy) is 1. The van der Waals surface area contributed by atoms with Crippen LogP contribution >= 0.6 is 0 Å². The molecule has 0 N–H and O–H groups in total. The van der Waals surface area contributed by atoms with Gasteiger partial charge in [0.15, 0.2) is 11.5 Å². The van der Waals surface area contributed by atoms with Crippen LogP contribution in [0.5, 0.6) is 5.75 Å². The number of aliphatic imine (C=N–C) groups is 2. The van der Waals surface area contributed by atoms with E-state index >= 15 is 0 Å². The standard InChI is InChI=1S/C32H27N5O3/c33-16-30-23-12-22-7-9-28-15-29(22)32(30)37(40-27-4-2-1-3-5-27)19-24(13-23)35-18-26-17-34-20-36(26)25-8-6-21(10-11-39-28)31(38)14-25/h1-5,7,9-10,12-13,15,17-19,25-26,29H,6,8,11,14,20H2. The highest BCUT2D eigenvalue weighted by Crippen LogP contribution is 2.42. The van der Waals surface area contributed by atoms with Crippen molar-refractivity contribution in [3.8, 4) is 11.8 Å². The number of rotatable bonds is 2. The first-order valence-corrected chi connectivity index (χ1v) is 13.5. The van der Waals surface area contributed by atoms with Crippen LogP contribution in [0.2, 0.25) is 0 Å². The highest BCUT2D eigenvalue weighted by atomic mass is 16.7. The molecule has 7 bridgehead atoms. The normalized spacial score (nSPS) is 27.2. The number of carbonyl (C=O) groups excluding carboxylic acids is 1. The summed E-state index contributed by atoms with van der Waals surface area (Å²) in [7, 11) is 0. The van der Waals surface area contributed by atoms with Gasteiger partial charge < -0.3 is 9.57 Å².